The van der Waals surface area contributed by atoms with E-state index in [0.717, 1.165) is 0 Å². The van der Waals surface area contributed by atoms with Gasteiger partial charge in [0.05, 0.1) is 17.3 Å². The fourth-order valence-electron chi connectivity index (χ4n) is 2.24. The topological polar surface area (TPSA) is 51.6 Å². The molecule has 0 aromatic carbocycles. The lowest BCUT2D eigenvalue weighted by Crippen LogP contribution is -2.41. The van der Waals surface area contributed by atoms with Gasteiger partial charge < -0.3 is 14.4 Å². The molecule has 1 aliphatic rings. The molecule has 2 rings (SSSR count). The predicted octanol–water partition coefficient (Wildman–Crippen LogP) is 2.27. The molecule has 1 aromatic heterocycles. The van der Waals surface area contributed by atoms with Crippen LogP contribution >= 0.6 is 0 Å². The molecule has 0 saturated carbocycles. The molecule has 0 spiro atoms. The largest absolute Gasteiger partial charge is 0.496 e. The summed E-state index contributed by atoms with van der Waals surface area (Å²) in [4.78, 5) is 4.06. The van der Waals surface area contributed by atoms with Crippen LogP contribution in [0, 0.1) is 12.7 Å². The van der Waals surface area contributed by atoms with E-state index in [1.54, 1.807) is 13.8 Å². The molecule has 1 saturated heterocycles. The minimum atomic E-state index is -0.893. The summed E-state index contributed by atoms with van der Waals surface area (Å²) < 4.78 is 26.2. The van der Waals surface area contributed by atoms with Crippen molar-refractivity contribution in [2.75, 3.05) is 0 Å². The van der Waals surface area contributed by atoms with Crippen molar-refractivity contribution < 1.29 is 18.8 Å². The average Bonchev–Trinajstić information content (AvgIpc) is 2.60. The van der Waals surface area contributed by atoms with Gasteiger partial charge in [0, 0.05) is 11.7 Å². The van der Waals surface area contributed by atoms with E-state index in [9.17, 15) is 9.50 Å². The maximum absolute atomic E-state index is 14.4. The van der Waals surface area contributed by atoms with Crippen LogP contribution in [0.15, 0.2) is 6.20 Å². The second kappa shape index (κ2) is 5.34. The minimum Gasteiger partial charge on any atom is -0.399 e. The van der Waals surface area contributed by atoms with Gasteiger partial charge >= 0.3 is 7.12 Å². The van der Waals surface area contributed by atoms with Crippen molar-refractivity contribution in [3.8, 4) is 0 Å². The Kier molecular flexibility index (Phi) is 4.17. The number of hydrogen-bond acceptors (Lipinski definition) is 4. The first kappa shape index (κ1) is 16.4. The van der Waals surface area contributed by atoms with Crippen LogP contribution in [0.4, 0.5) is 4.39 Å². The van der Waals surface area contributed by atoms with E-state index in [-0.39, 0.29) is 5.69 Å². The third-order valence-corrected chi connectivity index (χ3v) is 4.54. The summed E-state index contributed by atoms with van der Waals surface area (Å²) in [6.45, 7) is 11.2. The van der Waals surface area contributed by atoms with Crippen molar-refractivity contribution >= 4 is 12.6 Å². The van der Waals surface area contributed by atoms with Crippen molar-refractivity contribution in [1.29, 1.82) is 0 Å². The summed E-state index contributed by atoms with van der Waals surface area (Å²) in [5.74, 6) is -0.489. The molecule has 21 heavy (non-hydrogen) atoms. The molecule has 2 heterocycles. The Bertz CT molecular complexity index is 532. The van der Waals surface area contributed by atoms with Crippen LogP contribution in [0.5, 0.6) is 0 Å². The van der Waals surface area contributed by atoms with Crippen molar-refractivity contribution in [3.63, 3.8) is 0 Å². The fraction of sp³-hybridized carbons (Fsp3) is 0.667. The van der Waals surface area contributed by atoms with Crippen molar-refractivity contribution in [2.24, 2.45) is 0 Å². The number of aromatic nitrogens is 1. The van der Waals surface area contributed by atoms with Crippen LogP contribution in [0.25, 0.3) is 0 Å². The molecular formula is C15H23BFNO3. The van der Waals surface area contributed by atoms with Crippen LogP contribution in [-0.2, 0) is 9.31 Å². The maximum atomic E-state index is 14.4. The Morgan fingerprint density at radius 2 is 1.81 bits per heavy atom. The fourth-order valence-corrected chi connectivity index (χ4v) is 2.24. The molecule has 1 unspecified atom stereocenters. The standard InChI is InChI=1S/C15H23BFNO3/c1-7-11(19)13-12(17)9(2)10(8-18-13)16-20-14(3,4)15(5,6)21-16/h8,11,19H,7H2,1-6H3. The maximum Gasteiger partial charge on any atom is 0.496 e. The lowest BCUT2D eigenvalue weighted by Gasteiger charge is -2.32. The van der Waals surface area contributed by atoms with Gasteiger partial charge in [-0.1, -0.05) is 6.92 Å². The van der Waals surface area contributed by atoms with Gasteiger partial charge in [0.25, 0.3) is 0 Å². The second-order valence-corrected chi connectivity index (χ2v) is 6.55. The van der Waals surface area contributed by atoms with Crippen molar-refractivity contribution in [2.45, 2.75) is 65.3 Å². The SMILES string of the molecule is CCC(O)c1ncc(B2OC(C)(C)C(C)(C)O2)c(C)c1F. The predicted molar refractivity (Wildman–Crippen MR) is 79.9 cm³/mol. The smallest absolute Gasteiger partial charge is 0.399 e. The second-order valence-electron chi connectivity index (χ2n) is 6.55. The number of aliphatic hydroxyl groups excluding tert-OH is 1. The van der Waals surface area contributed by atoms with Gasteiger partial charge in [-0.3, -0.25) is 4.98 Å². The number of nitrogens with zero attached hydrogens (tertiary/aromatic N) is 1. The zero-order valence-corrected chi connectivity index (χ0v) is 13.5. The average molecular weight is 295 g/mol. The molecular weight excluding hydrogens is 272 g/mol. The number of hydrogen-bond donors (Lipinski definition) is 1. The molecule has 0 aliphatic carbocycles. The highest BCUT2D eigenvalue weighted by atomic mass is 19.1. The Hall–Kier alpha value is -0.975. The number of pyridine rings is 1. The molecule has 0 amide bonds. The summed E-state index contributed by atoms with van der Waals surface area (Å²) >= 11 is 0. The molecule has 1 aliphatic heterocycles. The Labute approximate surface area is 125 Å². The molecule has 1 fully saturated rings. The van der Waals surface area contributed by atoms with Gasteiger partial charge in [-0.15, -0.1) is 0 Å². The number of aliphatic hydroxyl groups is 1. The molecule has 0 radical (unpaired) electrons. The third kappa shape index (κ3) is 2.72. The monoisotopic (exact) mass is 295 g/mol. The van der Waals surface area contributed by atoms with Crippen molar-refractivity contribution in [1.82, 2.24) is 4.98 Å². The highest BCUT2D eigenvalue weighted by Crippen LogP contribution is 2.36. The van der Waals surface area contributed by atoms with Crippen LogP contribution in [0.2, 0.25) is 0 Å². The zero-order valence-electron chi connectivity index (χ0n) is 13.5. The highest BCUT2D eigenvalue weighted by molar-refractivity contribution is 6.62. The van der Waals surface area contributed by atoms with Gasteiger partial charge in [0.15, 0.2) is 0 Å². The normalized spacial score (nSPS) is 21.6. The van der Waals surface area contributed by atoms with Crippen LogP contribution in [-0.4, -0.2) is 28.4 Å². The van der Waals surface area contributed by atoms with Gasteiger partial charge in [-0.25, -0.2) is 4.39 Å². The molecule has 4 nitrogen and oxygen atoms in total. The first-order chi connectivity index (χ1) is 9.60. The minimum absolute atomic E-state index is 0.0790. The Morgan fingerprint density at radius 3 is 2.29 bits per heavy atom. The molecule has 1 atom stereocenters. The number of rotatable bonds is 3. The van der Waals surface area contributed by atoms with Crippen LogP contribution in [0.1, 0.15) is 58.4 Å². The quantitative estimate of drug-likeness (QED) is 0.869. The summed E-state index contributed by atoms with van der Waals surface area (Å²) in [5.41, 5.74) is 0.0872. The lowest BCUT2D eigenvalue weighted by molar-refractivity contribution is 0.00578. The van der Waals surface area contributed by atoms with E-state index in [0.29, 0.717) is 17.4 Å². The van der Waals surface area contributed by atoms with E-state index in [1.807, 2.05) is 27.7 Å². The molecule has 6 heteroatoms. The first-order valence-corrected chi connectivity index (χ1v) is 7.29. The highest BCUT2D eigenvalue weighted by Gasteiger charge is 2.52. The van der Waals surface area contributed by atoms with Crippen molar-refractivity contribution in [3.05, 3.63) is 23.3 Å². The zero-order chi connectivity index (χ0) is 16.0. The van der Waals surface area contributed by atoms with E-state index in [4.69, 9.17) is 9.31 Å². The van der Waals surface area contributed by atoms with E-state index in [2.05, 4.69) is 4.98 Å². The van der Waals surface area contributed by atoms with Crippen LogP contribution < -0.4 is 5.46 Å². The molecule has 1 aromatic rings. The summed E-state index contributed by atoms with van der Waals surface area (Å²) in [7, 11) is -0.648. The third-order valence-electron chi connectivity index (χ3n) is 4.54. The first-order valence-electron chi connectivity index (χ1n) is 7.29. The molecule has 116 valence electrons. The molecule has 0 bridgehead atoms. The van der Waals surface area contributed by atoms with E-state index >= 15 is 0 Å². The Balaban J connectivity index is 2.37. The number of halogens is 1. The van der Waals surface area contributed by atoms with E-state index < -0.39 is 30.2 Å². The van der Waals surface area contributed by atoms with Crippen LogP contribution in [0.3, 0.4) is 0 Å². The van der Waals surface area contributed by atoms with E-state index in [1.165, 1.54) is 6.20 Å². The van der Waals surface area contributed by atoms with Gasteiger partial charge in [-0.2, -0.15) is 0 Å². The summed E-state index contributed by atoms with van der Waals surface area (Å²) in [6.07, 6.45) is 1.06. The summed E-state index contributed by atoms with van der Waals surface area (Å²) in [6, 6.07) is 0. The van der Waals surface area contributed by atoms with Gasteiger partial charge in [-0.05, 0) is 46.6 Å². The van der Waals surface area contributed by atoms with Gasteiger partial charge in [0.1, 0.15) is 11.5 Å². The summed E-state index contributed by atoms with van der Waals surface area (Å²) in [5, 5.41) is 9.79. The lowest BCUT2D eigenvalue weighted by atomic mass is 9.77. The Morgan fingerprint density at radius 1 is 1.29 bits per heavy atom. The molecule has 1 N–H and O–H groups in total. The van der Waals surface area contributed by atoms with Gasteiger partial charge in [0.2, 0.25) is 0 Å².